The number of benzene rings is 2. The first-order chi connectivity index (χ1) is 8.56. The molecule has 0 spiro atoms. The number of fused-ring (bicyclic) bond motifs is 1. The number of carboxylic acids is 1. The van der Waals surface area contributed by atoms with E-state index >= 15 is 0 Å². The molecule has 0 aliphatic carbocycles. The van der Waals surface area contributed by atoms with Crippen molar-refractivity contribution < 1.29 is 24.5 Å². The summed E-state index contributed by atoms with van der Waals surface area (Å²) in [5.74, 6) is -0.279. The molecule has 0 saturated carbocycles. The number of aromatic hydroxyl groups is 1. The minimum atomic E-state index is -1.10. The number of hydrogen-bond acceptors (Lipinski definition) is 4. The summed E-state index contributed by atoms with van der Waals surface area (Å²) in [5.41, 5.74) is 0.00954. The molecule has 0 heterocycles. The van der Waals surface area contributed by atoms with Crippen molar-refractivity contribution in [2.75, 3.05) is 14.2 Å². The smallest absolute Gasteiger partial charge is 0.335 e. The molecule has 2 aromatic carbocycles. The van der Waals surface area contributed by atoms with Gasteiger partial charge in [0, 0.05) is 6.07 Å². The van der Waals surface area contributed by atoms with Crippen LogP contribution >= 0.6 is 0 Å². The summed E-state index contributed by atoms with van der Waals surface area (Å²) in [6, 6.07) is 5.93. The van der Waals surface area contributed by atoms with Crippen LogP contribution in [-0.2, 0) is 0 Å². The Bertz CT molecular complexity index is 618. The second-order valence-corrected chi connectivity index (χ2v) is 3.73. The Morgan fingerprint density at radius 1 is 1.11 bits per heavy atom. The minimum absolute atomic E-state index is 0.00954. The summed E-state index contributed by atoms with van der Waals surface area (Å²) in [6.07, 6.45) is 0. The molecule has 5 nitrogen and oxygen atoms in total. The normalized spacial score (nSPS) is 10.3. The molecule has 2 N–H and O–H groups in total. The number of hydrogen-bond donors (Lipinski definition) is 2. The van der Waals surface area contributed by atoms with Crippen molar-refractivity contribution in [2.45, 2.75) is 0 Å². The van der Waals surface area contributed by atoms with E-state index in [0.29, 0.717) is 22.3 Å². The lowest BCUT2D eigenvalue weighted by atomic mass is 10.0. The van der Waals surface area contributed by atoms with Crippen LogP contribution in [0.2, 0.25) is 0 Å². The summed E-state index contributed by atoms with van der Waals surface area (Å²) in [5, 5.41) is 19.8. The third-order valence-corrected chi connectivity index (χ3v) is 2.67. The van der Waals surface area contributed by atoms with Crippen molar-refractivity contribution in [3.05, 3.63) is 29.8 Å². The third-order valence-electron chi connectivity index (χ3n) is 2.67. The lowest BCUT2D eigenvalue weighted by Crippen LogP contribution is -1.97. The average molecular weight is 248 g/mol. The zero-order valence-electron chi connectivity index (χ0n) is 9.93. The quantitative estimate of drug-likeness (QED) is 0.871. The van der Waals surface area contributed by atoms with Crippen LogP contribution in [0.4, 0.5) is 0 Å². The molecule has 0 atom stereocenters. The van der Waals surface area contributed by atoms with Crippen LogP contribution in [0.3, 0.4) is 0 Å². The highest BCUT2D eigenvalue weighted by atomic mass is 16.5. The lowest BCUT2D eigenvalue weighted by molar-refractivity contribution is 0.0696. The molecule has 0 aliphatic heterocycles. The Balaban J connectivity index is 2.82. The number of phenolic OH excluding ortho intramolecular Hbond substituents is 1. The molecule has 0 unspecified atom stereocenters. The van der Waals surface area contributed by atoms with Crippen molar-refractivity contribution in [1.29, 1.82) is 0 Å². The van der Waals surface area contributed by atoms with Gasteiger partial charge >= 0.3 is 5.97 Å². The van der Waals surface area contributed by atoms with Crippen molar-refractivity contribution in [3.63, 3.8) is 0 Å². The number of carboxylic acid groups (broad SMARTS) is 1. The van der Waals surface area contributed by atoms with Crippen LogP contribution in [0.1, 0.15) is 10.4 Å². The molecule has 0 saturated heterocycles. The average Bonchev–Trinajstić information content (AvgIpc) is 2.36. The molecule has 5 heteroatoms. The second-order valence-electron chi connectivity index (χ2n) is 3.73. The van der Waals surface area contributed by atoms with Gasteiger partial charge in [0.15, 0.2) is 0 Å². The molecule has 0 amide bonds. The molecule has 0 aromatic heterocycles. The maximum Gasteiger partial charge on any atom is 0.335 e. The zero-order chi connectivity index (χ0) is 13.3. The number of ether oxygens (including phenoxy) is 2. The fourth-order valence-electron chi connectivity index (χ4n) is 1.83. The van der Waals surface area contributed by atoms with Gasteiger partial charge in [-0.05, 0) is 23.6 Å². The Labute approximate surface area is 103 Å². The van der Waals surface area contributed by atoms with E-state index in [1.165, 1.54) is 26.4 Å². The van der Waals surface area contributed by atoms with E-state index in [2.05, 4.69) is 0 Å². The third kappa shape index (κ3) is 1.90. The summed E-state index contributed by atoms with van der Waals surface area (Å²) in [6.45, 7) is 0. The van der Waals surface area contributed by atoms with Gasteiger partial charge in [0.05, 0.1) is 25.2 Å². The van der Waals surface area contributed by atoms with Gasteiger partial charge in [-0.1, -0.05) is 0 Å². The van der Waals surface area contributed by atoms with Gasteiger partial charge in [0.1, 0.15) is 17.2 Å². The van der Waals surface area contributed by atoms with Crippen molar-refractivity contribution in [3.8, 4) is 17.2 Å². The largest absolute Gasteiger partial charge is 0.507 e. The molecule has 94 valence electrons. The van der Waals surface area contributed by atoms with Crippen LogP contribution in [-0.4, -0.2) is 30.4 Å². The van der Waals surface area contributed by atoms with E-state index in [9.17, 15) is 9.90 Å². The highest BCUT2D eigenvalue weighted by molar-refractivity contribution is 6.00. The Morgan fingerprint density at radius 2 is 1.83 bits per heavy atom. The Morgan fingerprint density at radius 3 is 2.39 bits per heavy atom. The molecule has 18 heavy (non-hydrogen) atoms. The van der Waals surface area contributed by atoms with Crippen LogP contribution < -0.4 is 9.47 Å². The van der Waals surface area contributed by atoms with Crippen molar-refractivity contribution >= 4 is 16.7 Å². The first-order valence-corrected chi connectivity index (χ1v) is 5.19. The minimum Gasteiger partial charge on any atom is -0.507 e. The van der Waals surface area contributed by atoms with E-state index in [4.69, 9.17) is 14.6 Å². The second kappa shape index (κ2) is 4.44. The summed E-state index contributed by atoms with van der Waals surface area (Å²) in [4.78, 5) is 10.9. The number of methoxy groups -OCH3 is 2. The maximum atomic E-state index is 10.9. The van der Waals surface area contributed by atoms with Crippen LogP contribution in [0, 0.1) is 0 Å². The molecule has 0 radical (unpaired) electrons. The highest BCUT2D eigenvalue weighted by Gasteiger charge is 2.13. The summed E-state index contributed by atoms with van der Waals surface area (Å²) in [7, 11) is 2.97. The summed E-state index contributed by atoms with van der Waals surface area (Å²) >= 11 is 0. The van der Waals surface area contributed by atoms with Crippen LogP contribution in [0.25, 0.3) is 10.8 Å². The highest BCUT2D eigenvalue weighted by Crippen LogP contribution is 2.37. The van der Waals surface area contributed by atoms with Gasteiger partial charge in [-0.25, -0.2) is 4.79 Å². The van der Waals surface area contributed by atoms with Crippen LogP contribution in [0.15, 0.2) is 24.3 Å². The van der Waals surface area contributed by atoms with Gasteiger partial charge in [0.2, 0.25) is 0 Å². The predicted octanol–water partition coefficient (Wildman–Crippen LogP) is 2.26. The number of aromatic carboxylic acids is 1. The molecule has 2 aromatic rings. The SMILES string of the molecule is COc1cc(OC)c2c(O)cc(C(=O)O)cc2c1. The van der Waals surface area contributed by atoms with E-state index in [1.807, 2.05) is 0 Å². The van der Waals surface area contributed by atoms with Gasteiger partial charge in [-0.2, -0.15) is 0 Å². The van der Waals surface area contributed by atoms with Gasteiger partial charge < -0.3 is 19.7 Å². The first kappa shape index (κ1) is 12.0. The first-order valence-electron chi connectivity index (χ1n) is 5.19. The van der Waals surface area contributed by atoms with E-state index in [-0.39, 0.29) is 11.3 Å². The molecule has 2 rings (SSSR count). The lowest BCUT2D eigenvalue weighted by Gasteiger charge is -2.10. The Kier molecular flexibility index (Phi) is 2.97. The summed E-state index contributed by atoms with van der Waals surface area (Å²) < 4.78 is 10.3. The zero-order valence-corrected chi connectivity index (χ0v) is 9.93. The Hall–Kier alpha value is -2.43. The number of phenols is 1. The predicted molar refractivity (Wildman–Crippen MR) is 65.7 cm³/mol. The van der Waals surface area contributed by atoms with Gasteiger partial charge in [-0.15, -0.1) is 0 Å². The topological polar surface area (TPSA) is 76.0 Å². The maximum absolute atomic E-state index is 10.9. The fraction of sp³-hybridized carbons (Fsp3) is 0.154. The standard InChI is InChI=1S/C13H12O5/c1-17-9-4-7-3-8(13(15)16)5-10(14)12(7)11(6-9)18-2/h3-6,14H,1-2H3,(H,15,16). The van der Waals surface area contributed by atoms with E-state index < -0.39 is 5.97 Å². The molecule has 0 fully saturated rings. The monoisotopic (exact) mass is 248 g/mol. The van der Waals surface area contributed by atoms with Crippen molar-refractivity contribution in [1.82, 2.24) is 0 Å². The van der Waals surface area contributed by atoms with Crippen LogP contribution in [0.5, 0.6) is 17.2 Å². The van der Waals surface area contributed by atoms with E-state index in [0.717, 1.165) is 0 Å². The van der Waals surface area contributed by atoms with E-state index in [1.54, 1.807) is 12.1 Å². The van der Waals surface area contributed by atoms with Crippen molar-refractivity contribution in [2.24, 2.45) is 0 Å². The molecular formula is C13H12O5. The molecular weight excluding hydrogens is 236 g/mol. The van der Waals surface area contributed by atoms with Gasteiger partial charge in [0.25, 0.3) is 0 Å². The molecule has 0 aliphatic rings. The fourth-order valence-corrected chi connectivity index (χ4v) is 1.83. The van der Waals surface area contributed by atoms with Gasteiger partial charge in [-0.3, -0.25) is 0 Å². The number of rotatable bonds is 3. The number of carbonyl (C=O) groups is 1. The molecule has 0 bridgehead atoms.